The average Bonchev–Trinajstić information content (AvgIpc) is 2.98. The first-order chi connectivity index (χ1) is 8.28. The topological polar surface area (TPSA) is 19.4 Å². The molecule has 0 N–H and O–H groups in total. The van der Waals surface area contributed by atoms with E-state index in [0.29, 0.717) is 0 Å². The van der Waals surface area contributed by atoms with Crippen LogP contribution in [-0.2, 0) is 6.42 Å². The summed E-state index contributed by atoms with van der Waals surface area (Å²) in [5, 5.41) is 3.41. The molecule has 0 bridgehead atoms. The monoisotopic (exact) mass is 253 g/mol. The molecule has 0 aromatic carbocycles. The largest absolute Gasteiger partial charge is 0.346 e. The highest BCUT2D eigenvalue weighted by Crippen LogP contribution is 2.26. The lowest BCUT2D eigenvalue weighted by atomic mass is 10.2. The third-order valence-electron chi connectivity index (χ3n) is 3.66. The molecule has 2 rings (SSSR count). The van der Waals surface area contributed by atoms with E-state index in [2.05, 4.69) is 40.9 Å². The highest BCUT2D eigenvalue weighted by Gasteiger charge is 2.27. The van der Waals surface area contributed by atoms with Crippen LogP contribution in [0.25, 0.3) is 0 Å². The number of rotatable bonds is 5. The van der Waals surface area contributed by atoms with Crippen molar-refractivity contribution >= 4 is 16.5 Å². The molecular weight excluding hydrogens is 230 g/mol. The number of hydrogen-bond donors (Lipinski definition) is 0. The molecule has 0 spiro atoms. The molecule has 1 atom stereocenters. The summed E-state index contributed by atoms with van der Waals surface area (Å²) in [6.07, 6.45) is 2.33. The minimum atomic E-state index is 0.721. The lowest BCUT2D eigenvalue weighted by Gasteiger charge is -2.25. The van der Waals surface area contributed by atoms with Gasteiger partial charge in [0.1, 0.15) is 0 Å². The van der Waals surface area contributed by atoms with Gasteiger partial charge in [0.05, 0.1) is 5.69 Å². The minimum absolute atomic E-state index is 0.721. The van der Waals surface area contributed by atoms with E-state index in [1.165, 1.54) is 17.2 Å². The summed E-state index contributed by atoms with van der Waals surface area (Å²) in [4.78, 5) is 9.70. The number of aromatic nitrogens is 1. The second kappa shape index (κ2) is 5.83. The number of nitrogens with zero attached hydrogens (tertiary/aromatic N) is 3. The Balaban J connectivity index is 1.97. The van der Waals surface area contributed by atoms with Gasteiger partial charge in [-0.15, -0.1) is 11.3 Å². The van der Waals surface area contributed by atoms with E-state index in [1.807, 2.05) is 0 Å². The van der Waals surface area contributed by atoms with Crippen molar-refractivity contribution in [3.05, 3.63) is 11.1 Å². The van der Waals surface area contributed by atoms with Gasteiger partial charge in [0.25, 0.3) is 0 Å². The van der Waals surface area contributed by atoms with E-state index in [1.54, 1.807) is 11.3 Å². The molecule has 1 aliphatic rings. The zero-order valence-electron chi connectivity index (χ0n) is 11.1. The zero-order valence-corrected chi connectivity index (χ0v) is 12.0. The fourth-order valence-electron chi connectivity index (χ4n) is 2.56. The van der Waals surface area contributed by atoms with Crippen LogP contribution in [0, 0.1) is 0 Å². The predicted molar refractivity (Wildman–Crippen MR) is 75.0 cm³/mol. The van der Waals surface area contributed by atoms with Crippen LogP contribution in [0.1, 0.15) is 32.9 Å². The van der Waals surface area contributed by atoms with E-state index < -0.39 is 0 Å². The minimum Gasteiger partial charge on any atom is -0.346 e. The van der Waals surface area contributed by atoms with E-state index in [9.17, 15) is 0 Å². The van der Waals surface area contributed by atoms with Gasteiger partial charge >= 0.3 is 0 Å². The molecule has 2 heterocycles. The summed E-state index contributed by atoms with van der Waals surface area (Å²) in [6.45, 7) is 11.3. The number of likely N-dealkylation sites (N-methyl/N-ethyl adjacent to an activating group) is 1. The van der Waals surface area contributed by atoms with Crippen LogP contribution in [0.4, 0.5) is 5.13 Å². The van der Waals surface area contributed by atoms with Gasteiger partial charge in [-0.2, -0.15) is 0 Å². The first kappa shape index (κ1) is 12.8. The third-order valence-corrected chi connectivity index (χ3v) is 4.61. The van der Waals surface area contributed by atoms with Crippen molar-refractivity contribution in [3.63, 3.8) is 0 Å². The van der Waals surface area contributed by atoms with Gasteiger partial charge in [-0.05, 0) is 25.9 Å². The van der Waals surface area contributed by atoms with E-state index in [0.717, 1.165) is 38.6 Å². The van der Waals surface area contributed by atoms with Gasteiger partial charge < -0.3 is 4.90 Å². The molecule has 4 heteroatoms. The van der Waals surface area contributed by atoms with E-state index in [-0.39, 0.29) is 0 Å². The summed E-state index contributed by atoms with van der Waals surface area (Å²) in [7, 11) is 0. The molecule has 17 heavy (non-hydrogen) atoms. The molecule has 0 radical (unpaired) electrons. The van der Waals surface area contributed by atoms with E-state index in [4.69, 9.17) is 0 Å². The Hall–Kier alpha value is -0.610. The first-order valence-electron chi connectivity index (χ1n) is 6.71. The van der Waals surface area contributed by atoms with Crippen molar-refractivity contribution in [1.29, 1.82) is 0 Å². The molecule has 0 saturated carbocycles. The molecule has 1 unspecified atom stereocenters. The zero-order chi connectivity index (χ0) is 12.3. The third kappa shape index (κ3) is 2.80. The Kier molecular flexibility index (Phi) is 4.40. The van der Waals surface area contributed by atoms with Crippen molar-refractivity contribution in [3.8, 4) is 0 Å². The molecular formula is C13H23N3S. The van der Waals surface area contributed by atoms with Gasteiger partial charge in [-0.3, -0.25) is 4.90 Å². The summed E-state index contributed by atoms with van der Waals surface area (Å²) in [6, 6.07) is 0.721. The second-order valence-corrected chi connectivity index (χ2v) is 5.42. The normalized spacial score (nSPS) is 20.5. The van der Waals surface area contributed by atoms with Crippen molar-refractivity contribution in [2.24, 2.45) is 0 Å². The smallest absolute Gasteiger partial charge is 0.185 e. The van der Waals surface area contributed by atoms with Crippen LogP contribution in [0.5, 0.6) is 0 Å². The van der Waals surface area contributed by atoms with Crippen molar-refractivity contribution in [2.45, 2.75) is 39.7 Å². The standard InChI is InChI=1S/C13H23N3S/c1-4-11-10-17-13(14-11)16-8-7-12(9-16)15(5-2)6-3/h10,12H,4-9H2,1-3H3. The maximum absolute atomic E-state index is 4.68. The van der Waals surface area contributed by atoms with Gasteiger partial charge in [-0.1, -0.05) is 20.8 Å². The fraction of sp³-hybridized carbons (Fsp3) is 0.769. The molecule has 3 nitrogen and oxygen atoms in total. The average molecular weight is 253 g/mol. The van der Waals surface area contributed by atoms with Gasteiger partial charge in [-0.25, -0.2) is 4.98 Å². The quantitative estimate of drug-likeness (QED) is 0.804. The first-order valence-corrected chi connectivity index (χ1v) is 7.59. The van der Waals surface area contributed by atoms with Crippen LogP contribution in [0.2, 0.25) is 0 Å². The van der Waals surface area contributed by atoms with Gasteiger partial charge in [0, 0.05) is 24.5 Å². The predicted octanol–water partition coefficient (Wildman–Crippen LogP) is 2.63. The molecule has 1 fully saturated rings. The van der Waals surface area contributed by atoms with Crippen LogP contribution in [0.15, 0.2) is 5.38 Å². The molecule has 1 saturated heterocycles. The summed E-state index contributed by atoms with van der Waals surface area (Å²) < 4.78 is 0. The van der Waals surface area contributed by atoms with Crippen molar-refractivity contribution in [1.82, 2.24) is 9.88 Å². The lowest BCUT2D eigenvalue weighted by molar-refractivity contribution is 0.232. The van der Waals surface area contributed by atoms with Crippen LogP contribution in [0.3, 0.4) is 0 Å². The number of aryl methyl sites for hydroxylation is 1. The highest BCUT2D eigenvalue weighted by atomic mass is 32.1. The summed E-state index contributed by atoms with van der Waals surface area (Å²) in [5.41, 5.74) is 1.23. The van der Waals surface area contributed by atoms with Crippen LogP contribution >= 0.6 is 11.3 Å². The Bertz CT molecular complexity index is 346. The maximum Gasteiger partial charge on any atom is 0.185 e. The Morgan fingerprint density at radius 3 is 2.76 bits per heavy atom. The molecule has 96 valence electrons. The van der Waals surface area contributed by atoms with E-state index >= 15 is 0 Å². The highest BCUT2D eigenvalue weighted by molar-refractivity contribution is 7.13. The fourth-order valence-corrected chi connectivity index (χ4v) is 3.50. The molecule has 0 amide bonds. The molecule has 0 aliphatic carbocycles. The van der Waals surface area contributed by atoms with Crippen molar-refractivity contribution in [2.75, 3.05) is 31.1 Å². The molecule has 1 aromatic heterocycles. The van der Waals surface area contributed by atoms with Gasteiger partial charge in [0.2, 0.25) is 0 Å². The Labute approximate surface area is 108 Å². The SMILES string of the molecule is CCc1csc(N2CCC(N(CC)CC)C2)n1. The number of thiazole rings is 1. The Morgan fingerprint density at radius 1 is 1.41 bits per heavy atom. The van der Waals surface area contributed by atoms with Crippen LogP contribution < -0.4 is 4.90 Å². The molecule has 1 aliphatic heterocycles. The summed E-state index contributed by atoms with van der Waals surface area (Å²) in [5.74, 6) is 0. The lowest BCUT2D eigenvalue weighted by Crippen LogP contribution is -2.37. The van der Waals surface area contributed by atoms with Crippen molar-refractivity contribution < 1.29 is 0 Å². The number of hydrogen-bond acceptors (Lipinski definition) is 4. The van der Waals surface area contributed by atoms with Crippen LogP contribution in [-0.4, -0.2) is 42.1 Å². The number of anilines is 1. The molecule has 1 aromatic rings. The second-order valence-electron chi connectivity index (χ2n) is 4.58. The summed E-state index contributed by atoms with van der Waals surface area (Å²) >= 11 is 1.80. The van der Waals surface area contributed by atoms with Gasteiger partial charge in [0.15, 0.2) is 5.13 Å². The maximum atomic E-state index is 4.68. The Morgan fingerprint density at radius 2 is 2.18 bits per heavy atom.